The Morgan fingerprint density at radius 2 is 1.83 bits per heavy atom. The lowest BCUT2D eigenvalue weighted by Crippen LogP contribution is -1.93. The minimum atomic E-state index is -0.444. The van der Waals surface area contributed by atoms with E-state index in [1.54, 1.807) is 18.2 Å². The standard InChI is InChI=1S/C13H9Cl2FO2/c14-10-2-1-3-12(9(10)7-17)18-13-5-4-8(16)6-11(13)15/h1-6,17H,7H2. The highest BCUT2D eigenvalue weighted by molar-refractivity contribution is 6.32. The largest absolute Gasteiger partial charge is 0.455 e. The van der Waals surface area contributed by atoms with Crippen LogP contribution in [-0.4, -0.2) is 5.11 Å². The first kappa shape index (κ1) is 13.1. The van der Waals surface area contributed by atoms with Crippen LogP contribution in [0.25, 0.3) is 0 Å². The van der Waals surface area contributed by atoms with Crippen molar-refractivity contribution in [1.29, 1.82) is 0 Å². The Hall–Kier alpha value is -1.29. The maximum atomic E-state index is 12.9. The zero-order chi connectivity index (χ0) is 13.1. The maximum absolute atomic E-state index is 12.9. The van der Waals surface area contributed by atoms with Gasteiger partial charge in [-0.15, -0.1) is 0 Å². The summed E-state index contributed by atoms with van der Waals surface area (Å²) in [4.78, 5) is 0. The highest BCUT2D eigenvalue weighted by atomic mass is 35.5. The number of ether oxygens (including phenoxy) is 1. The number of hydrogen-bond acceptors (Lipinski definition) is 2. The number of aliphatic hydroxyl groups excluding tert-OH is 1. The predicted molar refractivity (Wildman–Crippen MR) is 68.9 cm³/mol. The van der Waals surface area contributed by atoms with Gasteiger partial charge in [0, 0.05) is 10.6 Å². The Bertz CT molecular complexity index is 573. The molecular weight excluding hydrogens is 278 g/mol. The van der Waals surface area contributed by atoms with Crippen LogP contribution in [0.3, 0.4) is 0 Å². The van der Waals surface area contributed by atoms with E-state index >= 15 is 0 Å². The molecule has 2 aromatic rings. The van der Waals surface area contributed by atoms with E-state index in [0.717, 1.165) is 6.07 Å². The van der Waals surface area contributed by atoms with Crippen molar-refractivity contribution >= 4 is 23.2 Å². The average Bonchev–Trinajstić information content (AvgIpc) is 2.33. The second-order valence-corrected chi connectivity index (χ2v) is 4.37. The third kappa shape index (κ3) is 2.75. The van der Waals surface area contributed by atoms with Gasteiger partial charge in [-0.3, -0.25) is 0 Å². The lowest BCUT2D eigenvalue weighted by atomic mass is 10.2. The first-order valence-electron chi connectivity index (χ1n) is 5.13. The van der Waals surface area contributed by atoms with Crippen molar-refractivity contribution in [2.75, 3.05) is 0 Å². The van der Waals surface area contributed by atoms with Crippen LogP contribution in [-0.2, 0) is 6.61 Å². The quantitative estimate of drug-likeness (QED) is 0.905. The fourth-order valence-electron chi connectivity index (χ4n) is 1.46. The Kier molecular flexibility index (Phi) is 4.07. The average molecular weight is 287 g/mol. The molecule has 2 nitrogen and oxygen atoms in total. The number of benzene rings is 2. The lowest BCUT2D eigenvalue weighted by Gasteiger charge is -2.12. The van der Waals surface area contributed by atoms with Gasteiger partial charge in [0.25, 0.3) is 0 Å². The van der Waals surface area contributed by atoms with Crippen molar-refractivity contribution in [2.24, 2.45) is 0 Å². The van der Waals surface area contributed by atoms with E-state index in [1.807, 2.05) is 0 Å². The van der Waals surface area contributed by atoms with Gasteiger partial charge in [0.2, 0.25) is 0 Å². The van der Waals surface area contributed by atoms with E-state index in [2.05, 4.69) is 0 Å². The SMILES string of the molecule is OCc1c(Cl)cccc1Oc1ccc(F)cc1Cl. The van der Waals surface area contributed by atoms with Crippen LogP contribution in [0.2, 0.25) is 10.0 Å². The summed E-state index contributed by atoms with van der Waals surface area (Å²) in [6.45, 7) is -0.256. The summed E-state index contributed by atoms with van der Waals surface area (Å²) in [6, 6.07) is 8.79. The van der Waals surface area contributed by atoms with Gasteiger partial charge in [0.15, 0.2) is 0 Å². The van der Waals surface area contributed by atoms with Crippen molar-refractivity contribution in [2.45, 2.75) is 6.61 Å². The van der Waals surface area contributed by atoms with Gasteiger partial charge in [-0.05, 0) is 30.3 Å². The minimum absolute atomic E-state index is 0.152. The van der Waals surface area contributed by atoms with Crippen LogP contribution in [0.5, 0.6) is 11.5 Å². The van der Waals surface area contributed by atoms with Crippen molar-refractivity contribution in [3.63, 3.8) is 0 Å². The Morgan fingerprint density at radius 3 is 2.50 bits per heavy atom. The highest BCUT2D eigenvalue weighted by Gasteiger charge is 2.10. The normalized spacial score (nSPS) is 10.4. The second kappa shape index (κ2) is 5.57. The molecule has 0 aliphatic rings. The summed E-state index contributed by atoms with van der Waals surface area (Å²) in [5, 5.41) is 9.78. The Labute approximate surface area is 114 Å². The number of hydrogen-bond donors (Lipinski definition) is 1. The molecule has 0 saturated heterocycles. The number of halogens is 3. The van der Waals surface area contributed by atoms with Crippen LogP contribution < -0.4 is 4.74 Å². The molecule has 0 aliphatic carbocycles. The zero-order valence-electron chi connectivity index (χ0n) is 9.16. The molecule has 0 aliphatic heterocycles. The van der Waals surface area contributed by atoms with Crippen LogP contribution in [0.4, 0.5) is 4.39 Å². The molecule has 2 aromatic carbocycles. The molecule has 0 amide bonds. The molecule has 0 unspecified atom stereocenters. The van der Waals surface area contributed by atoms with Crippen molar-refractivity contribution in [3.8, 4) is 11.5 Å². The van der Waals surface area contributed by atoms with E-state index in [0.29, 0.717) is 22.1 Å². The molecule has 0 heterocycles. The molecule has 2 rings (SSSR count). The monoisotopic (exact) mass is 286 g/mol. The van der Waals surface area contributed by atoms with E-state index in [9.17, 15) is 9.50 Å². The fraction of sp³-hybridized carbons (Fsp3) is 0.0769. The van der Waals surface area contributed by atoms with Crippen LogP contribution in [0.1, 0.15) is 5.56 Å². The summed E-state index contributed by atoms with van der Waals surface area (Å²) < 4.78 is 18.4. The van der Waals surface area contributed by atoms with Crippen LogP contribution >= 0.6 is 23.2 Å². The summed E-state index contributed by atoms with van der Waals surface area (Å²) in [6.07, 6.45) is 0. The van der Waals surface area contributed by atoms with Gasteiger partial charge < -0.3 is 9.84 Å². The lowest BCUT2D eigenvalue weighted by molar-refractivity contribution is 0.276. The van der Waals surface area contributed by atoms with Gasteiger partial charge in [-0.2, -0.15) is 0 Å². The molecule has 0 saturated carbocycles. The van der Waals surface area contributed by atoms with E-state index in [1.165, 1.54) is 12.1 Å². The van der Waals surface area contributed by atoms with E-state index in [4.69, 9.17) is 27.9 Å². The third-order valence-corrected chi connectivity index (χ3v) is 3.00. The molecule has 0 bridgehead atoms. The predicted octanol–water partition coefficient (Wildman–Crippen LogP) is 4.42. The molecule has 0 radical (unpaired) electrons. The summed E-state index contributed by atoms with van der Waals surface area (Å²) in [7, 11) is 0. The number of rotatable bonds is 3. The van der Waals surface area contributed by atoms with E-state index in [-0.39, 0.29) is 11.6 Å². The number of aliphatic hydroxyl groups is 1. The smallest absolute Gasteiger partial charge is 0.146 e. The van der Waals surface area contributed by atoms with Crippen molar-refractivity contribution in [3.05, 3.63) is 57.8 Å². The molecule has 18 heavy (non-hydrogen) atoms. The molecule has 94 valence electrons. The van der Waals surface area contributed by atoms with E-state index < -0.39 is 5.82 Å². The Balaban J connectivity index is 2.37. The minimum Gasteiger partial charge on any atom is -0.455 e. The molecule has 0 aromatic heterocycles. The van der Waals surface area contributed by atoms with Gasteiger partial charge >= 0.3 is 0 Å². The summed E-state index contributed by atoms with van der Waals surface area (Å²) in [5.74, 6) is 0.245. The highest BCUT2D eigenvalue weighted by Crippen LogP contribution is 2.34. The molecule has 0 atom stereocenters. The fourth-order valence-corrected chi connectivity index (χ4v) is 1.90. The van der Waals surface area contributed by atoms with Crippen molar-refractivity contribution in [1.82, 2.24) is 0 Å². The second-order valence-electron chi connectivity index (χ2n) is 3.55. The Morgan fingerprint density at radius 1 is 1.06 bits per heavy atom. The molecule has 5 heteroatoms. The molecule has 1 N–H and O–H groups in total. The topological polar surface area (TPSA) is 29.5 Å². The third-order valence-electron chi connectivity index (χ3n) is 2.35. The molecular formula is C13H9Cl2FO2. The molecule has 0 spiro atoms. The first-order chi connectivity index (χ1) is 8.61. The first-order valence-corrected chi connectivity index (χ1v) is 5.88. The van der Waals surface area contributed by atoms with Gasteiger partial charge in [-0.1, -0.05) is 29.3 Å². The van der Waals surface area contributed by atoms with Crippen LogP contribution in [0, 0.1) is 5.82 Å². The maximum Gasteiger partial charge on any atom is 0.146 e. The van der Waals surface area contributed by atoms with Gasteiger partial charge in [0.1, 0.15) is 17.3 Å². The molecule has 0 fully saturated rings. The zero-order valence-corrected chi connectivity index (χ0v) is 10.7. The summed E-state index contributed by atoms with van der Waals surface area (Å²) >= 11 is 11.8. The van der Waals surface area contributed by atoms with Gasteiger partial charge in [-0.25, -0.2) is 4.39 Å². The summed E-state index contributed by atoms with van der Waals surface area (Å²) in [5.41, 5.74) is 0.458. The van der Waals surface area contributed by atoms with Gasteiger partial charge in [0.05, 0.1) is 11.6 Å². The van der Waals surface area contributed by atoms with Crippen molar-refractivity contribution < 1.29 is 14.2 Å². The van der Waals surface area contributed by atoms with Crippen LogP contribution in [0.15, 0.2) is 36.4 Å².